The van der Waals surface area contributed by atoms with Gasteiger partial charge in [0.15, 0.2) is 0 Å². The van der Waals surface area contributed by atoms with Gasteiger partial charge in [0.25, 0.3) is 0 Å². The molecule has 9 heavy (non-hydrogen) atoms. The number of halogens is 5. The average molecular weight is 150 g/mol. The summed E-state index contributed by atoms with van der Waals surface area (Å²) in [5.74, 6) is 0. The van der Waals surface area contributed by atoms with Gasteiger partial charge in [-0.3, -0.25) is 4.74 Å². The Morgan fingerprint density at radius 1 is 1.33 bits per heavy atom. The highest BCUT2D eigenvalue weighted by Gasteiger charge is 2.33. The summed E-state index contributed by atoms with van der Waals surface area (Å²) in [6.45, 7) is -1.79. The Bertz CT molecular complexity index is 78.8. The maximum Gasteiger partial charge on any atom is 0.525 e. The second-order valence-electron chi connectivity index (χ2n) is 1.13. The van der Waals surface area contributed by atoms with Crippen molar-refractivity contribution >= 4 is 0 Å². The molecular weight excluding hydrogens is 147 g/mol. The molecule has 6 heteroatoms. The zero-order valence-corrected chi connectivity index (χ0v) is 4.08. The summed E-state index contributed by atoms with van der Waals surface area (Å²) in [6.07, 6.45) is -7.99. The molecule has 0 aromatic rings. The Kier molecular flexibility index (Phi) is 2.83. The predicted molar refractivity (Wildman–Crippen MR) is 18.0 cm³/mol. The van der Waals surface area contributed by atoms with Crippen LogP contribution in [-0.4, -0.2) is 19.4 Å². The van der Waals surface area contributed by atoms with E-state index in [0.717, 1.165) is 0 Å². The molecule has 0 aromatic heterocycles. The first-order chi connectivity index (χ1) is 3.95. The molecule has 0 rings (SSSR count). The third-order valence-electron chi connectivity index (χ3n) is 0.383. The van der Waals surface area contributed by atoms with Crippen molar-refractivity contribution in [2.24, 2.45) is 0 Å². The number of alkyl halides is 5. The van der Waals surface area contributed by atoms with Gasteiger partial charge in [-0.25, -0.2) is 8.78 Å². The van der Waals surface area contributed by atoms with Gasteiger partial charge in [0.2, 0.25) is 6.36 Å². The molecule has 0 heterocycles. The molecule has 1 unspecified atom stereocenters. The van der Waals surface area contributed by atoms with Crippen molar-refractivity contribution in [1.29, 1.82) is 0 Å². The number of hydrogen-bond donors (Lipinski definition) is 0. The minimum atomic E-state index is -5.09. The molecule has 1 nitrogen and oxygen atoms in total. The lowest BCUT2D eigenvalue weighted by molar-refractivity contribution is -0.361. The Morgan fingerprint density at radius 3 is 1.89 bits per heavy atom. The van der Waals surface area contributed by atoms with Gasteiger partial charge in [0.1, 0.15) is 6.67 Å². The van der Waals surface area contributed by atoms with Crippen LogP contribution in [0.15, 0.2) is 0 Å². The highest BCUT2D eigenvalue weighted by Crippen LogP contribution is 2.19. The molecule has 0 aliphatic heterocycles. The predicted octanol–water partition coefficient (Wildman–Crippen LogP) is 1.79. The summed E-state index contributed by atoms with van der Waals surface area (Å²) in [4.78, 5) is 0. The highest BCUT2D eigenvalue weighted by atomic mass is 19.4. The van der Waals surface area contributed by atoms with E-state index in [2.05, 4.69) is 4.74 Å². The number of hydrogen-bond acceptors (Lipinski definition) is 1. The fourth-order valence-electron chi connectivity index (χ4n) is 0.176. The smallest absolute Gasteiger partial charge is 0.254 e. The standard InChI is InChI=1S/C3H3F5O/c4-1-2(5)9-3(6,7)8/h2H,1H2. The van der Waals surface area contributed by atoms with Gasteiger partial charge >= 0.3 is 6.36 Å². The first-order valence-electron chi connectivity index (χ1n) is 1.90. The van der Waals surface area contributed by atoms with Gasteiger partial charge in [-0.05, 0) is 0 Å². The second-order valence-corrected chi connectivity index (χ2v) is 1.13. The summed E-state index contributed by atoms with van der Waals surface area (Å²) in [5.41, 5.74) is 0. The van der Waals surface area contributed by atoms with Gasteiger partial charge in [-0.2, -0.15) is 0 Å². The Labute approximate surface area is 47.4 Å². The maximum atomic E-state index is 11.3. The van der Waals surface area contributed by atoms with Crippen molar-refractivity contribution < 1.29 is 26.7 Å². The van der Waals surface area contributed by atoms with E-state index >= 15 is 0 Å². The Balaban J connectivity index is 3.47. The Morgan fingerprint density at radius 2 is 1.78 bits per heavy atom. The molecule has 0 aliphatic carbocycles. The summed E-state index contributed by atoms with van der Waals surface area (Å²) >= 11 is 0. The monoisotopic (exact) mass is 150 g/mol. The lowest BCUT2D eigenvalue weighted by Gasteiger charge is -2.07. The highest BCUT2D eigenvalue weighted by molar-refractivity contribution is 4.36. The van der Waals surface area contributed by atoms with Gasteiger partial charge in [0, 0.05) is 0 Å². The van der Waals surface area contributed by atoms with Crippen LogP contribution >= 0.6 is 0 Å². The summed E-state index contributed by atoms with van der Waals surface area (Å²) < 4.78 is 57.4. The zero-order valence-electron chi connectivity index (χ0n) is 4.08. The molecule has 0 aliphatic rings. The molecular formula is C3H3F5O. The van der Waals surface area contributed by atoms with Crippen molar-refractivity contribution in [2.45, 2.75) is 12.7 Å². The van der Waals surface area contributed by atoms with Gasteiger partial charge < -0.3 is 0 Å². The van der Waals surface area contributed by atoms with E-state index in [4.69, 9.17) is 0 Å². The first kappa shape index (κ1) is 8.61. The quantitative estimate of drug-likeness (QED) is 0.545. The number of rotatable bonds is 2. The minimum absolute atomic E-state index is 1.79. The molecule has 0 saturated heterocycles. The van der Waals surface area contributed by atoms with Crippen molar-refractivity contribution in [1.82, 2.24) is 0 Å². The summed E-state index contributed by atoms with van der Waals surface area (Å²) in [7, 11) is 0. The van der Waals surface area contributed by atoms with E-state index in [1.165, 1.54) is 0 Å². The van der Waals surface area contributed by atoms with Crippen LogP contribution in [0, 0.1) is 0 Å². The second kappa shape index (κ2) is 2.95. The molecule has 0 amide bonds. The minimum Gasteiger partial charge on any atom is -0.254 e. The summed E-state index contributed by atoms with van der Waals surface area (Å²) in [6, 6.07) is 0. The largest absolute Gasteiger partial charge is 0.525 e. The molecule has 0 N–H and O–H groups in total. The van der Waals surface area contributed by atoms with Gasteiger partial charge in [-0.15, -0.1) is 13.2 Å². The molecule has 0 saturated carbocycles. The van der Waals surface area contributed by atoms with E-state index in [-0.39, 0.29) is 0 Å². The van der Waals surface area contributed by atoms with Crippen molar-refractivity contribution in [3.63, 3.8) is 0 Å². The zero-order chi connectivity index (χ0) is 7.49. The van der Waals surface area contributed by atoms with Crippen LogP contribution in [-0.2, 0) is 4.74 Å². The van der Waals surface area contributed by atoms with Crippen LogP contribution in [0.25, 0.3) is 0 Å². The van der Waals surface area contributed by atoms with E-state index in [1.807, 2.05) is 0 Å². The van der Waals surface area contributed by atoms with E-state index in [1.54, 1.807) is 0 Å². The van der Waals surface area contributed by atoms with E-state index < -0.39 is 19.4 Å². The molecule has 56 valence electrons. The van der Waals surface area contributed by atoms with Crippen LogP contribution in [0.3, 0.4) is 0 Å². The fraction of sp³-hybridized carbons (Fsp3) is 1.00. The third-order valence-corrected chi connectivity index (χ3v) is 0.383. The van der Waals surface area contributed by atoms with Crippen LogP contribution in [0.1, 0.15) is 0 Å². The number of ether oxygens (including phenoxy) is 1. The molecule has 1 atom stereocenters. The normalized spacial score (nSPS) is 15.7. The van der Waals surface area contributed by atoms with E-state index in [9.17, 15) is 22.0 Å². The third kappa shape index (κ3) is 5.48. The lowest BCUT2D eigenvalue weighted by atomic mass is 10.8. The van der Waals surface area contributed by atoms with Crippen LogP contribution in [0.4, 0.5) is 22.0 Å². The van der Waals surface area contributed by atoms with Crippen molar-refractivity contribution in [2.75, 3.05) is 6.67 Å². The SMILES string of the molecule is FCC(F)OC(F)(F)F. The van der Waals surface area contributed by atoms with Crippen molar-refractivity contribution in [3.8, 4) is 0 Å². The molecule has 0 fully saturated rings. The van der Waals surface area contributed by atoms with Gasteiger partial charge in [0.05, 0.1) is 0 Å². The molecule has 0 aromatic carbocycles. The van der Waals surface area contributed by atoms with Crippen LogP contribution in [0.2, 0.25) is 0 Å². The maximum absolute atomic E-state index is 11.3. The first-order valence-corrected chi connectivity index (χ1v) is 1.90. The molecule has 0 radical (unpaired) electrons. The Hall–Kier alpha value is -0.390. The molecule has 0 bridgehead atoms. The lowest BCUT2D eigenvalue weighted by Crippen LogP contribution is -2.21. The van der Waals surface area contributed by atoms with Crippen molar-refractivity contribution in [3.05, 3.63) is 0 Å². The van der Waals surface area contributed by atoms with Crippen LogP contribution < -0.4 is 0 Å². The van der Waals surface area contributed by atoms with E-state index in [0.29, 0.717) is 0 Å². The topological polar surface area (TPSA) is 9.23 Å². The summed E-state index contributed by atoms with van der Waals surface area (Å²) in [5, 5.41) is 0. The average Bonchev–Trinajstić information content (AvgIpc) is 1.62. The van der Waals surface area contributed by atoms with Gasteiger partial charge in [-0.1, -0.05) is 0 Å². The molecule has 0 spiro atoms. The van der Waals surface area contributed by atoms with Crippen LogP contribution in [0.5, 0.6) is 0 Å². The fourth-order valence-corrected chi connectivity index (χ4v) is 0.176.